The zero-order chi connectivity index (χ0) is 9.68. The Bertz CT molecular complexity index is 267. The van der Waals surface area contributed by atoms with Crippen molar-refractivity contribution in [1.29, 1.82) is 0 Å². The van der Waals surface area contributed by atoms with Crippen LogP contribution in [0.2, 0.25) is 0 Å². The van der Waals surface area contributed by atoms with Crippen LogP contribution >= 0.6 is 0 Å². The van der Waals surface area contributed by atoms with Crippen LogP contribution in [0, 0.1) is 5.92 Å². The minimum atomic E-state index is 0.605. The zero-order valence-corrected chi connectivity index (χ0v) is 8.12. The summed E-state index contributed by atoms with van der Waals surface area (Å²) in [4.78, 5) is 0. The molecule has 0 saturated heterocycles. The molecule has 1 aromatic rings. The Morgan fingerprint density at radius 2 is 2.38 bits per heavy atom. The summed E-state index contributed by atoms with van der Waals surface area (Å²) in [7, 11) is 0. The first-order valence-electron chi connectivity index (χ1n) is 4.41. The summed E-state index contributed by atoms with van der Waals surface area (Å²) in [5.74, 6) is 0.605. The molecule has 1 N–H and O–H groups in total. The van der Waals surface area contributed by atoms with E-state index in [0.29, 0.717) is 5.92 Å². The first kappa shape index (κ1) is 9.71. The maximum absolute atomic E-state index is 3.94. The van der Waals surface area contributed by atoms with Gasteiger partial charge in [-0.2, -0.15) is 5.10 Å². The number of hydrogen-bond acceptors (Lipinski definition) is 3. The normalized spacial score (nSPS) is 10.1. The van der Waals surface area contributed by atoms with E-state index >= 15 is 0 Å². The van der Waals surface area contributed by atoms with Crippen LogP contribution in [0.3, 0.4) is 0 Å². The Morgan fingerprint density at radius 3 is 2.92 bits per heavy atom. The van der Waals surface area contributed by atoms with Crippen molar-refractivity contribution < 1.29 is 0 Å². The Balaban J connectivity index is 2.50. The minimum absolute atomic E-state index is 0.605. The van der Waals surface area contributed by atoms with Gasteiger partial charge in [0.1, 0.15) is 5.69 Å². The van der Waals surface area contributed by atoms with Crippen molar-refractivity contribution in [3.05, 3.63) is 30.6 Å². The molecule has 0 radical (unpaired) electrons. The van der Waals surface area contributed by atoms with Gasteiger partial charge in [-0.25, -0.2) is 0 Å². The molecule has 0 aliphatic rings. The van der Waals surface area contributed by atoms with Crippen LogP contribution in [-0.2, 0) is 0 Å². The average Bonchev–Trinajstić information content (AvgIpc) is 2.15. The fraction of sp³-hybridized carbons (Fsp3) is 0.400. The first-order chi connectivity index (χ1) is 6.20. The number of aromatic nitrogens is 2. The Labute approximate surface area is 78.9 Å². The summed E-state index contributed by atoms with van der Waals surface area (Å²) in [6.07, 6.45) is 1.65. The molecular formula is C10H15N3. The van der Waals surface area contributed by atoms with Gasteiger partial charge in [0.2, 0.25) is 0 Å². The van der Waals surface area contributed by atoms with Gasteiger partial charge in [0.15, 0.2) is 0 Å². The second-order valence-corrected chi connectivity index (χ2v) is 3.36. The maximum atomic E-state index is 3.94. The second-order valence-electron chi connectivity index (χ2n) is 3.36. The van der Waals surface area contributed by atoms with E-state index in [1.54, 1.807) is 6.20 Å². The molecule has 0 unspecified atom stereocenters. The smallest absolute Gasteiger partial charge is 0.108 e. The molecule has 0 saturated carbocycles. The van der Waals surface area contributed by atoms with E-state index in [2.05, 4.69) is 35.9 Å². The van der Waals surface area contributed by atoms with Crippen molar-refractivity contribution >= 4 is 5.70 Å². The Kier molecular flexibility index (Phi) is 3.43. The number of nitrogens with zero attached hydrogens (tertiary/aromatic N) is 2. The highest BCUT2D eigenvalue weighted by molar-refractivity contribution is 5.57. The molecule has 0 aliphatic heterocycles. The summed E-state index contributed by atoms with van der Waals surface area (Å²) in [5, 5.41) is 10.9. The van der Waals surface area contributed by atoms with Gasteiger partial charge in [0.25, 0.3) is 0 Å². The van der Waals surface area contributed by atoms with Crippen LogP contribution in [0.15, 0.2) is 24.9 Å². The molecule has 1 rings (SSSR count). The molecule has 1 heterocycles. The van der Waals surface area contributed by atoms with Gasteiger partial charge in [0.05, 0.1) is 5.70 Å². The monoisotopic (exact) mass is 177 g/mol. The van der Waals surface area contributed by atoms with E-state index in [1.165, 1.54) is 0 Å². The minimum Gasteiger partial charge on any atom is -0.383 e. The van der Waals surface area contributed by atoms with Crippen LogP contribution in [0.5, 0.6) is 0 Å². The molecule has 3 nitrogen and oxygen atoms in total. The SMILES string of the molecule is C=C(NCC(C)C)c1cccnn1. The van der Waals surface area contributed by atoms with Gasteiger partial charge in [-0.1, -0.05) is 20.4 Å². The second kappa shape index (κ2) is 4.60. The van der Waals surface area contributed by atoms with E-state index in [0.717, 1.165) is 17.9 Å². The van der Waals surface area contributed by atoms with Gasteiger partial charge in [-0.15, -0.1) is 5.10 Å². The molecular weight excluding hydrogens is 162 g/mol. The Morgan fingerprint density at radius 1 is 1.62 bits per heavy atom. The lowest BCUT2D eigenvalue weighted by atomic mass is 10.2. The van der Waals surface area contributed by atoms with Crippen LogP contribution in [-0.4, -0.2) is 16.7 Å². The Hall–Kier alpha value is -1.38. The highest BCUT2D eigenvalue weighted by Crippen LogP contribution is 2.03. The topological polar surface area (TPSA) is 37.8 Å². The van der Waals surface area contributed by atoms with Crippen molar-refractivity contribution in [3.63, 3.8) is 0 Å². The largest absolute Gasteiger partial charge is 0.383 e. The van der Waals surface area contributed by atoms with Crippen molar-refractivity contribution in [2.75, 3.05) is 6.54 Å². The molecule has 0 spiro atoms. The highest BCUT2D eigenvalue weighted by atomic mass is 15.1. The predicted octanol–water partition coefficient (Wildman–Crippen LogP) is 1.69. The summed E-state index contributed by atoms with van der Waals surface area (Å²) < 4.78 is 0. The molecule has 0 bridgehead atoms. The number of nitrogens with one attached hydrogen (secondary N) is 1. The fourth-order valence-corrected chi connectivity index (χ4v) is 0.880. The van der Waals surface area contributed by atoms with Crippen molar-refractivity contribution in [2.45, 2.75) is 13.8 Å². The fourth-order valence-electron chi connectivity index (χ4n) is 0.880. The van der Waals surface area contributed by atoms with Gasteiger partial charge in [-0.05, 0) is 18.1 Å². The number of rotatable bonds is 4. The van der Waals surface area contributed by atoms with Crippen LogP contribution in [0.25, 0.3) is 5.70 Å². The third-order valence-corrected chi connectivity index (χ3v) is 1.61. The molecule has 0 aromatic carbocycles. The van der Waals surface area contributed by atoms with Gasteiger partial charge in [0, 0.05) is 12.7 Å². The summed E-state index contributed by atoms with van der Waals surface area (Å²) >= 11 is 0. The van der Waals surface area contributed by atoms with Crippen molar-refractivity contribution in [2.24, 2.45) is 5.92 Å². The summed E-state index contributed by atoms with van der Waals surface area (Å²) in [6, 6.07) is 3.74. The van der Waals surface area contributed by atoms with Gasteiger partial charge in [-0.3, -0.25) is 0 Å². The average molecular weight is 177 g/mol. The van der Waals surface area contributed by atoms with E-state index in [-0.39, 0.29) is 0 Å². The van der Waals surface area contributed by atoms with E-state index in [9.17, 15) is 0 Å². The van der Waals surface area contributed by atoms with Gasteiger partial charge >= 0.3 is 0 Å². The quantitative estimate of drug-likeness (QED) is 0.760. The highest BCUT2D eigenvalue weighted by Gasteiger charge is 1.99. The van der Waals surface area contributed by atoms with Crippen LogP contribution in [0.4, 0.5) is 0 Å². The molecule has 0 fully saturated rings. The van der Waals surface area contributed by atoms with Crippen molar-refractivity contribution in [1.82, 2.24) is 15.5 Å². The third-order valence-electron chi connectivity index (χ3n) is 1.61. The van der Waals surface area contributed by atoms with Crippen LogP contribution < -0.4 is 5.32 Å². The predicted molar refractivity (Wildman–Crippen MR) is 53.9 cm³/mol. The molecule has 1 aromatic heterocycles. The zero-order valence-electron chi connectivity index (χ0n) is 8.12. The first-order valence-corrected chi connectivity index (χ1v) is 4.41. The maximum Gasteiger partial charge on any atom is 0.108 e. The number of hydrogen-bond donors (Lipinski definition) is 1. The molecule has 70 valence electrons. The lowest BCUT2D eigenvalue weighted by Gasteiger charge is -2.09. The summed E-state index contributed by atoms with van der Waals surface area (Å²) in [6.45, 7) is 9.09. The van der Waals surface area contributed by atoms with Gasteiger partial charge < -0.3 is 5.32 Å². The lowest BCUT2D eigenvalue weighted by molar-refractivity contribution is 0.617. The van der Waals surface area contributed by atoms with E-state index in [4.69, 9.17) is 0 Å². The molecule has 0 atom stereocenters. The molecule has 13 heavy (non-hydrogen) atoms. The summed E-state index contributed by atoms with van der Waals surface area (Å²) in [5.41, 5.74) is 1.64. The van der Waals surface area contributed by atoms with E-state index < -0.39 is 0 Å². The van der Waals surface area contributed by atoms with E-state index in [1.807, 2.05) is 12.1 Å². The third kappa shape index (κ3) is 3.23. The van der Waals surface area contributed by atoms with Crippen LogP contribution in [0.1, 0.15) is 19.5 Å². The molecule has 0 aliphatic carbocycles. The standard InChI is InChI=1S/C10H15N3/c1-8(2)7-11-9(3)10-5-4-6-12-13-10/h4-6,8,11H,3,7H2,1-2H3. The molecule has 0 amide bonds. The van der Waals surface area contributed by atoms with Crippen molar-refractivity contribution in [3.8, 4) is 0 Å². The molecule has 3 heteroatoms. The lowest BCUT2D eigenvalue weighted by Crippen LogP contribution is -2.18.